The quantitative estimate of drug-likeness (QED) is 0.423. The van der Waals surface area contributed by atoms with Gasteiger partial charge in [0.05, 0.1) is 0 Å². The molecule has 3 aromatic rings. The van der Waals surface area contributed by atoms with Crippen molar-refractivity contribution < 1.29 is 19.1 Å². The summed E-state index contributed by atoms with van der Waals surface area (Å²) < 4.78 is 5.49. The molecule has 0 radical (unpaired) electrons. The summed E-state index contributed by atoms with van der Waals surface area (Å²) in [7, 11) is 0. The second-order valence-electron chi connectivity index (χ2n) is 11.6. The molecule has 1 unspecified atom stereocenters. The fourth-order valence-corrected chi connectivity index (χ4v) is 5.27. The SMILES string of the molecule is Cc1cc(C)c(NC(=O)[C@@H]2Cc3ccccc3CN2C(=O)C(Cc2ccccc2)NC(=O)OC(C)(C)C)c(C)c1. The first-order valence-corrected chi connectivity index (χ1v) is 13.7. The van der Waals surface area contributed by atoms with E-state index in [0.717, 1.165) is 39.1 Å². The Bertz CT molecular complexity index is 1370. The van der Waals surface area contributed by atoms with Crippen LogP contribution in [-0.4, -0.2) is 40.5 Å². The number of carbonyl (C=O) groups is 3. The van der Waals surface area contributed by atoms with Crippen LogP contribution in [-0.2, 0) is 33.7 Å². The van der Waals surface area contributed by atoms with Gasteiger partial charge < -0.3 is 20.3 Å². The van der Waals surface area contributed by atoms with Gasteiger partial charge in [0.25, 0.3) is 0 Å². The molecule has 0 aromatic heterocycles. The summed E-state index contributed by atoms with van der Waals surface area (Å²) in [6, 6.07) is 19.8. The van der Waals surface area contributed by atoms with Crippen LogP contribution in [0.15, 0.2) is 66.7 Å². The van der Waals surface area contributed by atoms with Gasteiger partial charge in [-0.2, -0.15) is 0 Å². The predicted molar refractivity (Wildman–Crippen MR) is 157 cm³/mol. The third-order valence-corrected chi connectivity index (χ3v) is 7.03. The summed E-state index contributed by atoms with van der Waals surface area (Å²) >= 11 is 0. The fraction of sp³-hybridized carbons (Fsp3) is 0.364. The number of hydrogen-bond acceptors (Lipinski definition) is 4. The maximum Gasteiger partial charge on any atom is 0.408 e. The Labute approximate surface area is 236 Å². The molecule has 210 valence electrons. The van der Waals surface area contributed by atoms with E-state index in [2.05, 4.69) is 10.6 Å². The van der Waals surface area contributed by atoms with Crippen LogP contribution in [0.1, 0.15) is 54.2 Å². The minimum Gasteiger partial charge on any atom is -0.444 e. The van der Waals surface area contributed by atoms with E-state index in [9.17, 15) is 14.4 Å². The molecule has 1 heterocycles. The maximum atomic E-state index is 14.2. The summed E-state index contributed by atoms with van der Waals surface area (Å²) in [4.78, 5) is 42.5. The predicted octanol–water partition coefficient (Wildman–Crippen LogP) is 5.64. The van der Waals surface area contributed by atoms with Gasteiger partial charge in [-0.1, -0.05) is 72.3 Å². The second kappa shape index (κ2) is 11.9. The Morgan fingerprint density at radius 2 is 1.52 bits per heavy atom. The van der Waals surface area contributed by atoms with Gasteiger partial charge in [-0.3, -0.25) is 9.59 Å². The first-order valence-electron chi connectivity index (χ1n) is 13.7. The summed E-state index contributed by atoms with van der Waals surface area (Å²) in [6.07, 6.45) is -0.0323. The lowest BCUT2D eigenvalue weighted by Gasteiger charge is -2.38. The molecule has 2 N–H and O–H groups in total. The Balaban J connectivity index is 1.67. The molecule has 2 atom stereocenters. The highest BCUT2D eigenvalue weighted by molar-refractivity contribution is 5.99. The summed E-state index contributed by atoms with van der Waals surface area (Å²) in [5.74, 6) is -0.588. The van der Waals surface area contributed by atoms with Crippen LogP contribution < -0.4 is 10.6 Å². The number of alkyl carbamates (subject to hydrolysis) is 1. The standard InChI is InChI=1S/C33H39N3O4/c1-21-16-22(2)29(23(3)17-21)35-30(37)28-19-25-14-10-11-15-26(25)20-36(28)31(38)27(18-24-12-8-7-9-13-24)34-32(39)40-33(4,5)6/h7-17,27-28H,18-20H2,1-6H3,(H,34,39)(H,35,37)/t27?,28-/m0/s1. The lowest BCUT2D eigenvalue weighted by Crippen LogP contribution is -2.57. The van der Waals surface area contributed by atoms with Crippen LogP contribution in [0.4, 0.5) is 10.5 Å². The highest BCUT2D eigenvalue weighted by atomic mass is 16.6. The van der Waals surface area contributed by atoms with Gasteiger partial charge in [0, 0.05) is 25.1 Å². The molecular weight excluding hydrogens is 502 g/mol. The first kappa shape index (κ1) is 28.9. The van der Waals surface area contributed by atoms with Crippen LogP contribution in [0.3, 0.4) is 0 Å². The smallest absolute Gasteiger partial charge is 0.408 e. The zero-order valence-corrected chi connectivity index (χ0v) is 24.2. The van der Waals surface area contributed by atoms with Crippen molar-refractivity contribution >= 4 is 23.6 Å². The molecule has 3 aromatic carbocycles. The monoisotopic (exact) mass is 541 g/mol. The molecule has 7 nitrogen and oxygen atoms in total. The zero-order chi connectivity index (χ0) is 29.0. The molecule has 0 saturated heterocycles. The molecule has 0 spiro atoms. The van der Waals surface area contributed by atoms with Gasteiger partial charge in [0.15, 0.2) is 0 Å². The minimum absolute atomic E-state index is 0.256. The number of benzene rings is 3. The average molecular weight is 542 g/mol. The van der Waals surface area contributed by atoms with Crippen molar-refractivity contribution in [3.63, 3.8) is 0 Å². The number of hydrogen-bond donors (Lipinski definition) is 2. The van der Waals surface area contributed by atoms with Gasteiger partial charge in [-0.25, -0.2) is 4.79 Å². The Kier molecular flexibility index (Phi) is 8.62. The Morgan fingerprint density at radius 1 is 0.925 bits per heavy atom. The van der Waals surface area contributed by atoms with E-state index in [0.29, 0.717) is 6.42 Å². The van der Waals surface area contributed by atoms with E-state index in [1.165, 1.54) is 0 Å². The van der Waals surface area contributed by atoms with E-state index in [4.69, 9.17) is 4.74 Å². The van der Waals surface area contributed by atoms with Gasteiger partial charge >= 0.3 is 6.09 Å². The molecule has 3 amide bonds. The Hall–Kier alpha value is -4.13. The van der Waals surface area contributed by atoms with E-state index >= 15 is 0 Å². The average Bonchev–Trinajstić information content (AvgIpc) is 2.88. The lowest BCUT2D eigenvalue weighted by molar-refractivity contribution is -0.141. The third kappa shape index (κ3) is 7.08. The lowest BCUT2D eigenvalue weighted by atomic mass is 9.92. The van der Waals surface area contributed by atoms with Crippen molar-refractivity contribution in [3.05, 3.63) is 100 Å². The maximum absolute atomic E-state index is 14.2. The number of amides is 3. The van der Waals surface area contributed by atoms with Crippen molar-refractivity contribution in [1.82, 2.24) is 10.2 Å². The molecule has 40 heavy (non-hydrogen) atoms. The summed E-state index contributed by atoms with van der Waals surface area (Å²) in [5.41, 5.74) is 5.99. The molecule has 7 heteroatoms. The molecular formula is C33H39N3O4. The largest absolute Gasteiger partial charge is 0.444 e. The number of carbonyl (C=O) groups excluding carboxylic acids is 3. The summed E-state index contributed by atoms with van der Waals surface area (Å²) in [5, 5.41) is 5.90. The number of fused-ring (bicyclic) bond motifs is 1. The number of nitrogens with one attached hydrogen (secondary N) is 2. The molecule has 0 saturated carbocycles. The Morgan fingerprint density at radius 3 is 2.15 bits per heavy atom. The van der Waals surface area contributed by atoms with Crippen molar-refractivity contribution in [2.75, 3.05) is 5.32 Å². The minimum atomic E-state index is -0.916. The molecule has 4 rings (SSSR count). The van der Waals surface area contributed by atoms with E-state index < -0.39 is 23.8 Å². The number of anilines is 1. The molecule has 0 fully saturated rings. The molecule has 1 aliphatic rings. The van der Waals surface area contributed by atoms with Gasteiger partial charge in [-0.15, -0.1) is 0 Å². The third-order valence-electron chi connectivity index (χ3n) is 7.03. The van der Waals surface area contributed by atoms with E-state index in [1.807, 2.05) is 87.5 Å². The summed E-state index contributed by atoms with van der Waals surface area (Å²) in [6.45, 7) is 11.5. The highest BCUT2D eigenvalue weighted by Crippen LogP contribution is 2.28. The van der Waals surface area contributed by atoms with Crippen molar-refractivity contribution in [3.8, 4) is 0 Å². The van der Waals surface area contributed by atoms with Crippen LogP contribution >= 0.6 is 0 Å². The number of rotatable bonds is 6. The van der Waals surface area contributed by atoms with Crippen molar-refractivity contribution in [2.45, 2.75) is 78.6 Å². The normalized spacial score (nSPS) is 15.6. The number of nitrogens with zero attached hydrogens (tertiary/aromatic N) is 1. The van der Waals surface area contributed by atoms with Crippen molar-refractivity contribution in [2.24, 2.45) is 0 Å². The van der Waals surface area contributed by atoms with Crippen LogP contribution in [0, 0.1) is 20.8 Å². The van der Waals surface area contributed by atoms with Gasteiger partial charge in [0.1, 0.15) is 17.7 Å². The molecule has 0 bridgehead atoms. The van der Waals surface area contributed by atoms with E-state index in [1.54, 1.807) is 25.7 Å². The zero-order valence-electron chi connectivity index (χ0n) is 24.2. The van der Waals surface area contributed by atoms with Crippen LogP contribution in [0.2, 0.25) is 0 Å². The topological polar surface area (TPSA) is 87.7 Å². The fourth-order valence-electron chi connectivity index (χ4n) is 5.27. The van der Waals surface area contributed by atoms with Crippen molar-refractivity contribution in [1.29, 1.82) is 0 Å². The highest BCUT2D eigenvalue weighted by Gasteiger charge is 2.38. The van der Waals surface area contributed by atoms with Crippen LogP contribution in [0.25, 0.3) is 0 Å². The number of ether oxygens (including phenoxy) is 1. The first-order chi connectivity index (χ1) is 18.9. The second-order valence-corrected chi connectivity index (χ2v) is 11.6. The molecule has 1 aliphatic heterocycles. The molecule has 0 aliphatic carbocycles. The van der Waals surface area contributed by atoms with Gasteiger partial charge in [0.2, 0.25) is 11.8 Å². The van der Waals surface area contributed by atoms with Gasteiger partial charge in [-0.05, 0) is 69.4 Å². The number of aryl methyl sites for hydroxylation is 3. The van der Waals surface area contributed by atoms with E-state index in [-0.39, 0.29) is 24.8 Å². The van der Waals surface area contributed by atoms with Crippen LogP contribution in [0.5, 0.6) is 0 Å².